The topological polar surface area (TPSA) is 23.8 Å². The van der Waals surface area contributed by atoms with Gasteiger partial charge in [-0.3, -0.25) is 0 Å². The molecule has 0 spiro atoms. The van der Waals surface area contributed by atoms with Gasteiger partial charge in [-0.15, -0.1) is 0 Å². The Balaban J connectivity index is 1.93. The molecule has 13 heavy (non-hydrogen) atoms. The Hall–Kier alpha value is -0.510. The Labute approximate surface area is 81.1 Å². The highest BCUT2D eigenvalue weighted by atomic mass is 14.4. The van der Waals surface area contributed by atoms with Crippen LogP contribution in [-0.4, -0.2) is 0 Å². The summed E-state index contributed by atoms with van der Waals surface area (Å²) >= 11 is 0. The van der Waals surface area contributed by atoms with Crippen LogP contribution in [0.4, 0.5) is 0 Å². The predicted octanol–water partition coefficient (Wildman–Crippen LogP) is 3.65. The van der Waals surface area contributed by atoms with Gasteiger partial charge in [-0.2, -0.15) is 5.26 Å². The van der Waals surface area contributed by atoms with Crippen molar-refractivity contribution in [3.8, 4) is 6.07 Å². The summed E-state index contributed by atoms with van der Waals surface area (Å²) in [6.45, 7) is 0. The number of hydrogen-bond donors (Lipinski definition) is 0. The highest BCUT2D eigenvalue weighted by Gasteiger charge is 2.36. The molecule has 2 aliphatic carbocycles. The molecule has 2 saturated carbocycles. The largest absolute Gasteiger partial charge is 0.198 e. The van der Waals surface area contributed by atoms with Crippen molar-refractivity contribution in [1.29, 1.82) is 5.26 Å². The van der Waals surface area contributed by atoms with Crippen LogP contribution in [0.5, 0.6) is 0 Å². The van der Waals surface area contributed by atoms with Crippen molar-refractivity contribution in [2.45, 2.75) is 57.8 Å². The van der Waals surface area contributed by atoms with Crippen LogP contribution in [0, 0.1) is 22.7 Å². The van der Waals surface area contributed by atoms with Crippen molar-refractivity contribution in [2.75, 3.05) is 0 Å². The molecule has 0 aliphatic heterocycles. The lowest BCUT2D eigenvalue weighted by atomic mass is 9.78. The lowest BCUT2D eigenvalue weighted by molar-refractivity contribution is 0.299. The van der Waals surface area contributed by atoms with Gasteiger partial charge < -0.3 is 0 Å². The van der Waals surface area contributed by atoms with E-state index in [0.717, 1.165) is 5.92 Å². The van der Waals surface area contributed by atoms with Crippen LogP contribution in [0.25, 0.3) is 0 Å². The summed E-state index contributed by atoms with van der Waals surface area (Å²) in [6.07, 6.45) is 11.8. The van der Waals surface area contributed by atoms with E-state index < -0.39 is 0 Å². The van der Waals surface area contributed by atoms with Crippen LogP contribution < -0.4 is 0 Å². The molecule has 72 valence electrons. The molecule has 1 nitrogen and oxygen atoms in total. The lowest BCUT2D eigenvalue weighted by Gasteiger charge is -2.23. The third kappa shape index (κ3) is 1.88. The first kappa shape index (κ1) is 9.06. The van der Waals surface area contributed by atoms with E-state index in [9.17, 15) is 5.26 Å². The minimum atomic E-state index is 0.106. The van der Waals surface area contributed by atoms with Crippen molar-refractivity contribution < 1.29 is 0 Å². The highest BCUT2D eigenvalue weighted by Crippen LogP contribution is 2.45. The molecule has 0 unspecified atom stereocenters. The molecule has 2 aliphatic rings. The molecule has 1 heteroatoms. The van der Waals surface area contributed by atoms with Gasteiger partial charge in [0.2, 0.25) is 0 Å². The third-order valence-corrected chi connectivity index (χ3v) is 3.95. The number of rotatable bonds is 2. The fourth-order valence-corrected chi connectivity index (χ4v) is 3.18. The van der Waals surface area contributed by atoms with Crippen LogP contribution in [0.3, 0.4) is 0 Å². The molecule has 0 aromatic rings. The van der Waals surface area contributed by atoms with Crippen molar-refractivity contribution in [1.82, 2.24) is 0 Å². The zero-order valence-electron chi connectivity index (χ0n) is 8.39. The summed E-state index contributed by atoms with van der Waals surface area (Å²) in [5, 5.41) is 9.23. The number of nitriles is 1. The zero-order valence-corrected chi connectivity index (χ0v) is 8.39. The maximum atomic E-state index is 9.23. The fraction of sp³-hybridized carbons (Fsp3) is 0.917. The molecular formula is C12H19N. The minimum absolute atomic E-state index is 0.106. The lowest BCUT2D eigenvalue weighted by Crippen LogP contribution is -2.17. The van der Waals surface area contributed by atoms with Crippen LogP contribution in [0.15, 0.2) is 0 Å². The Bertz CT molecular complexity index is 202. The van der Waals surface area contributed by atoms with Crippen LogP contribution in [0.2, 0.25) is 0 Å². The molecule has 0 saturated heterocycles. The Morgan fingerprint density at radius 1 is 1.08 bits per heavy atom. The predicted molar refractivity (Wildman–Crippen MR) is 53.1 cm³/mol. The maximum Gasteiger partial charge on any atom is 0.0689 e. The van der Waals surface area contributed by atoms with E-state index in [4.69, 9.17) is 0 Å². The van der Waals surface area contributed by atoms with E-state index in [1.807, 2.05) is 0 Å². The first-order valence-electron chi connectivity index (χ1n) is 5.76. The van der Waals surface area contributed by atoms with Crippen molar-refractivity contribution in [2.24, 2.45) is 11.3 Å². The molecule has 0 aromatic heterocycles. The standard InChI is InChI=1S/C12H19N/c13-10-12(7-3-4-8-12)9-11-5-1-2-6-11/h11H,1-9H2. The Morgan fingerprint density at radius 2 is 1.69 bits per heavy atom. The van der Waals surface area contributed by atoms with Crippen LogP contribution in [0.1, 0.15) is 57.8 Å². The third-order valence-electron chi connectivity index (χ3n) is 3.95. The smallest absolute Gasteiger partial charge is 0.0689 e. The number of hydrogen-bond acceptors (Lipinski definition) is 1. The quantitative estimate of drug-likeness (QED) is 0.631. The number of nitrogens with zero attached hydrogens (tertiary/aromatic N) is 1. The molecular weight excluding hydrogens is 158 g/mol. The van der Waals surface area contributed by atoms with Gasteiger partial charge in [-0.05, 0) is 25.2 Å². The molecule has 0 amide bonds. The average Bonchev–Trinajstić information content (AvgIpc) is 2.77. The summed E-state index contributed by atoms with van der Waals surface area (Å²) in [4.78, 5) is 0. The van der Waals surface area contributed by atoms with E-state index in [-0.39, 0.29) is 5.41 Å². The summed E-state index contributed by atoms with van der Waals surface area (Å²) in [7, 11) is 0. The van der Waals surface area contributed by atoms with Gasteiger partial charge in [0.25, 0.3) is 0 Å². The van der Waals surface area contributed by atoms with Crippen LogP contribution >= 0.6 is 0 Å². The van der Waals surface area contributed by atoms with Gasteiger partial charge in [-0.25, -0.2) is 0 Å². The summed E-state index contributed by atoms with van der Waals surface area (Å²) in [6, 6.07) is 2.60. The van der Waals surface area contributed by atoms with Gasteiger partial charge in [-0.1, -0.05) is 38.5 Å². The zero-order chi connectivity index (χ0) is 9.15. The average molecular weight is 177 g/mol. The first-order chi connectivity index (χ1) is 6.35. The molecule has 0 aromatic carbocycles. The summed E-state index contributed by atoms with van der Waals surface area (Å²) < 4.78 is 0. The summed E-state index contributed by atoms with van der Waals surface area (Å²) in [5.41, 5.74) is 0.106. The molecule has 0 bridgehead atoms. The highest BCUT2D eigenvalue weighted by molar-refractivity contribution is 5.03. The van der Waals surface area contributed by atoms with Gasteiger partial charge in [0, 0.05) is 0 Å². The van der Waals surface area contributed by atoms with Crippen molar-refractivity contribution in [3.05, 3.63) is 0 Å². The van der Waals surface area contributed by atoms with E-state index in [2.05, 4.69) is 6.07 Å². The Morgan fingerprint density at radius 3 is 2.23 bits per heavy atom. The van der Waals surface area contributed by atoms with E-state index in [1.54, 1.807) is 0 Å². The van der Waals surface area contributed by atoms with Crippen molar-refractivity contribution in [3.63, 3.8) is 0 Å². The monoisotopic (exact) mass is 177 g/mol. The first-order valence-corrected chi connectivity index (χ1v) is 5.76. The minimum Gasteiger partial charge on any atom is -0.198 e. The van der Waals surface area contributed by atoms with Gasteiger partial charge in [0.1, 0.15) is 0 Å². The SMILES string of the molecule is N#CC1(CC2CCCC2)CCCC1. The van der Waals surface area contributed by atoms with Crippen LogP contribution in [-0.2, 0) is 0 Å². The molecule has 0 heterocycles. The van der Waals surface area contributed by atoms with Gasteiger partial charge in [0.05, 0.1) is 11.5 Å². The maximum absolute atomic E-state index is 9.23. The molecule has 0 radical (unpaired) electrons. The van der Waals surface area contributed by atoms with Gasteiger partial charge in [0.15, 0.2) is 0 Å². The fourth-order valence-electron chi connectivity index (χ4n) is 3.18. The van der Waals surface area contributed by atoms with E-state index in [1.165, 1.54) is 57.8 Å². The van der Waals surface area contributed by atoms with E-state index >= 15 is 0 Å². The van der Waals surface area contributed by atoms with E-state index in [0.29, 0.717) is 0 Å². The molecule has 2 rings (SSSR count). The molecule has 2 fully saturated rings. The Kier molecular flexibility index (Phi) is 2.58. The molecule has 0 N–H and O–H groups in total. The molecule has 0 atom stereocenters. The normalized spacial score (nSPS) is 27.6. The second kappa shape index (κ2) is 3.70. The second-order valence-electron chi connectivity index (χ2n) is 4.95. The van der Waals surface area contributed by atoms with Crippen molar-refractivity contribution >= 4 is 0 Å². The second-order valence-corrected chi connectivity index (χ2v) is 4.95. The summed E-state index contributed by atoms with van der Waals surface area (Å²) in [5.74, 6) is 0.887. The van der Waals surface area contributed by atoms with Gasteiger partial charge >= 0.3 is 0 Å².